The first kappa shape index (κ1) is 10.4. The lowest BCUT2D eigenvalue weighted by molar-refractivity contribution is 0.476. The number of hydrogen-bond donors (Lipinski definition) is 1. The summed E-state index contributed by atoms with van der Waals surface area (Å²) in [6.07, 6.45) is 1.51. The van der Waals surface area contributed by atoms with Crippen molar-refractivity contribution in [3.8, 4) is 10.9 Å². The second-order valence-electron chi connectivity index (χ2n) is 2.71. The fourth-order valence-corrected chi connectivity index (χ4v) is 1.87. The molecule has 2 aromatic rings. The molecule has 0 atom stereocenters. The minimum atomic E-state index is -0.332. The van der Waals surface area contributed by atoms with Gasteiger partial charge in [0.1, 0.15) is 16.6 Å². The molecule has 0 saturated heterocycles. The van der Waals surface area contributed by atoms with Crippen LogP contribution >= 0.6 is 27.3 Å². The number of nitrogen functional groups attached to an aromatic ring is 1. The van der Waals surface area contributed by atoms with Gasteiger partial charge in [0, 0.05) is 0 Å². The third-order valence-electron chi connectivity index (χ3n) is 1.60. The van der Waals surface area contributed by atoms with Gasteiger partial charge in [-0.3, -0.25) is 0 Å². The maximum absolute atomic E-state index is 12.9. The first-order chi connectivity index (χ1) is 7.15. The Morgan fingerprint density at radius 1 is 1.47 bits per heavy atom. The van der Waals surface area contributed by atoms with Crippen LogP contribution in [0.2, 0.25) is 0 Å². The van der Waals surface area contributed by atoms with Crippen molar-refractivity contribution in [2.45, 2.75) is 0 Å². The number of thiazole rings is 1. The van der Waals surface area contributed by atoms with Crippen LogP contribution in [0.25, 0.3) is 0 Å². The molecule has 1 aromatic heterocycles. The van der Waals surface area contributed by atoms with Crippen molar-refractivity contribution < 1.29 is 9.13 Å². The van der Waals surface area contributed by atoms with Crippen molar-refractivity contribution in [1.29, 1.82) is 0 Å². The van der Waals surface area contributed by atoms with E-state index < -0.39 is 0 Å². The summed E-state index contributed by atoms with van der Waals surface area (Å²) in [5, 5.41) is 1.01. The average molecular weight is 289 g/mol. The molecule has 0 bridgehead atoms. The third kappa shape index (κ3) is 2.45. The molecule has 78 valence electrons. The van der Waals surface area contributed by atoms with E-state index in [9.17, 15) is 4.39 Å². The zero-order chi connectivity index (χ0) is 10.8. The zero-order valence-corrected chi connectivity index (χ0v) is 9.81. The van der Waals surface area contributed by atoms with E-state index in [4.69, 9.17) is 10.5 Å². The summed E-state index contributed by atoms with van der Waals surface area (Å²) in [6.45, 7) is 0. The van der Waals surface area contributed by atoms with Crippen LogP contribution in [-0.4, -0.2) is 4.98 Å². The molecule has 1 heterocycles. The molecule has 0 unspecified atom stereocenters. The molecule has 0 saturated carbocycles. The number of anilines is 1. The molecule has 0 aliphatic rings. The Hall–Kier alpha value is -1.14. The van der Waals surface area contributed by atoms with Crippen LogP contribution in [0, 0.1) is 5.82 Å². The number of halogens is 2. The summed E-state index contributed by atoms with van der Waals surface area (Å²) >= 11 is 4.30. The normalized spacial score (nSPS) is 10.3. The van der Waals surface area contributed by atoms with E-state index in [1.54, 1.807) is 0 Å². The van der Waals surface area contributed by atoms with Crippen molar-refractivity contribution in [2.75, 3.05) is 5.73 Å². The molecule has 6 heteroatoms. The molecule has 0 radical (unpaired) electrons. The minimum absolute atomic E-state index is 0.332. The minimum Gasteiger partial charge on any atom is -0.431 e. The molecular formula is C9H6BrFN2OS. The number of aromatic nitrogens is 1. The van der Waals surface area contributed by atoms with Crippen LogP contribution in [0.3, 0.4) is 0 Å². The average Bonchev–Trinajstić information content (AvgIpc) is 2.58. The van der Waals surface area contributed by atoms with Crippen LogP contribution in [0.1, 0.15) is 0 Å². The SMILES string of the molecule is Nc1cnc(Oc2ccc(F)c(Br)c2)s1. The lowest BCUT2D eigenvalue weighted by Crippen LogP contribution is -1.84. The van der Waals surface area contributed by atoms with Gasteiger partial charge in [-0.1, -0.05) is 11.3 Å². The van der Waals surface area contributed by atoms with Crippen LogP contribution in [-0.2, 0) is 0 Å². The van der Waals surface area contributed by atoms with E-state index in [1.807, 2.05) is 0 Å². The maximum Gasteiger partial charge on any atom is 0.280 e. The Morgan fingerprint density at radius 2 is 2.27 bits per heavy atom. The number of rotatable bonds is 2. The van der Waals surface area contributed by atoms with Gasteiger partial charge in [0.25, 0.3) is 5.19 Å². The second kappa shape index (κ2) is 4.16. The largest absolute Gasteiger partial charge is 0.431 e. The third-order valence-corrected chi connectivity index (χ3v) is 2.91. The zero-order valence-electron chi connectivity index (χ0n) is 7.41. The number of hydrogen-bond acceptors (Lipinski definition) is 4. The van der Waals surface area contributed by atoms with Gasteiger partial charge in [-0.2, -0.15) is 0 Å². The molecule has 3 nitrogen and oxygen atoms in total. The molecule has 2 N–H and O–H groups in total. The molecule has 0 amide bonds. The first-order valence-corrected chi connectivity index (χ1v) is 5.60. The number of nitrogens with zero attached hydrogens (tertiary/aromatic N) is 1. The topological polar surface area (TPSA) is 48.1 Å². The molecular weight excluding hydrogens is 283 g/mol. The monoisotopic (exact) mass is 288 g/mol. The van der Waals surface area contributed by atoms with Crippen molar-refractivity contribution >= 4 is 32.3 Å². The summed E-state index contributed by atoms with van der Waals surface area (Å²) in [5.41, 5.74) is 5.49. The fraction of sp³-hybridized carbons (Fsp3) is 0. The van der Waals surface area contributed by atoms with Gasteiger partial charge >= 0.3 is 0 Å². The quantitative estimate of drug-likeness (QED) is 0.921. The van der Waals surface area contributed by atoms with Crippen LogP contribution in [0.15, 0.2) is 28.9 Å². The standard InChI is InChI=1S/C9H6BrFN2OS/c10-6-3-5(1-2-7(6)11)14-9-13-4-8(12)15-9/h1-4H,12H2. The predicted molar refractivity (Wildman–Crippen MR) is 60.7 cm³/mol. The Balaban J connectivity index is 2.21. The Labute approximate surface area is 97.8 Å². The van der Waals surface area contributed by atoms with Crippen molar-refractivity contribution in [2.24, 2.45) is 0 Å². The van der Waals surface area contributed by atoms with E-state index in [0.717, 1.165) is 0 Å². The van der Waals surface area contributed by atoms with E-state index >= 15 is 0 Å². The number of benzene rings is 1. The van der Waals surface area contributed by atoms with E-state index in [1.165, 1.54) is 35.7 Å². The summed E-state index contributed by atoms with van der Waals surface area (Å²) in [6, 6.07) is 4.38. The van der Waals surface area contributed by atoms with Gasteiger partial charge < -0.3 is 10.5 Å². The molecule has 15 heavy (non-hydrogen) atoms. The smallest absolute Gasteiger partial charge is 0.280 e. The fourth-order valence-electron chi connectivity index (χ4n) is 0.958. The van der Waals surface area contributed by atoms with Crippen molar-refractivity contribution in [3.05, 3.63) is 34.7 Å². The predicted octanol–water partition coefficient (Wildman–Crippen LogP) is 3.42. The highest BCUT2D eigenvalue weighted by molar-refractivity contribution is 9.10. The highest BCUT2D eigenvalue weighted by Crippen LogP contribution is 2.29. The lowest BCUT2D eigenvalue weighted by Gasteiger charge is -2.01. The molecule has 2 rings (SSSR count). The van der Waals surface area contributed by atoms with Crippen LogP contribution in [0.5, 0.6) is 10.9 Å². The molecule has 0 aliphatic carbocycles. The van der Waals surface area contributed by atoms with Gasteiger partial charge in [-0.25, -0.2) is 9.37 Å². The Kier molecular flexibility index (Phi) is 2.88. The van der Waals surface area contributed by atoms with Gasteiger partial charge in [-0.05, 0) is 34.1 Å². The van der Waals surface area contributed by atoms with Crippen LogP contribution in [0.4, 0.5) is 9.39 Å². The van der Waals surface area contributed by atoms with Crippen molar-refractivity contribution in [1.82, 2.24) is 4.98 Å². The Bertz CT molecular complexity index is 489. The second-order valence-corrected chi connectivity index (χ2v) is 4.59. The summed E-state index contributed by atoms with van der Waals surface area (Å²) in [4.78, 5) is 3.93. The highest BCUT2D eigenvalue weighted by atomic mass is 79.9. The molecule has 1 aromatic carbocycles. The molecule has 0 aliphatic heterocycles. The molecule has 0 spiro atoms. The van der Waals surface area contributed by atoms with E-state index in [-0.39, 0.29) is 5.82 Å². The van der Waals surface area contributed by atoms with Gasteiger partial charge in [0.2, 0.25) is 0 Å². The van der Waals surface area contributed by atoms with Gasteiger partial charge in [0.05, 0.1) is 10.7 Å². The highest BCUT2D eigenvalue weighted by Gasteiger charge is 2.04. The number of nitrogens with two attached hydrogens (primary N) is 1. The summed E-state index contributed by atoms with van der Waals surface area (Å²) in [5.74, 6) is 0.179. The van der Waals surface area contributed by atoms with Crippen molar-refractivity contribution in [3.63, 3.8) is 0 Å². The molecule has 0 fully saturated rings. The van der Waals surface area contributed by atoms with E-state index in [2.05, 4.69) is 20.9 Å². The lowest BCUT2D eigenvalue weighted by atomic mass is 10.3. The summed E-state index contributed by atoms with van der Waals surface area (Å²) < 4.78 is 18.6. The van der Waals surface area contributed by atoms with E-state index in [0.29, 0.717) is 20.4 Å². The summed E-state index contributed by atoms with van der Waals surface area (Å²) in [7, 11) is 0. The van der Waals surface area contributed by atoms with Gasteiger partial charge in [-0.15, -0.1) is 0 Å². The Morgan fingerprint density at radius 3 is 2.87 bits per heavy atom. The van der Waals surface area contributed by atoms with Gasteiger partial charge in [0.15, 0.2) is 0 Å². The first-order valence-electron chi connectivity index (χ1n) is 3.99. The maximum atomic E-state index is 12.9. The van der Waals surface area contributed by atoms with Crippen LogP contribution < -0.4 is 10.5 Å². The number of ether oxygens (including phenoxy) is 1.